The smallest absolute Gasteiger partial charge is 0.350 e. The van der Waals surface area contributed by atoms with Crippen LogP contribution in [0.25, 0.3) is 10.9 Å². The van der Waals surface area contributed by atoms with Gasteiger partial charge in [0.1, 0.15) is 0 Å². The number of benzene rings is 2. The third kappa shape index (κ3) is 3.20. The molecule has 0 aliphatic carbocycles. The van der Waals surface area contributed by atoms with E-state index in [-0.39, 0.29) is 12.3 Å². The molecular formula is C21H19F3N2O. The first-order chi connectivity index (χ1) is 12.8. The van der Waals surface area contributed by atoms with Crippen molar-refractivity contribution in [3.8, 4) is 0 Å². The highest BCUT2D eigenvalue weighted by atomic mass is 19.4. The molecule has 1 aliphatic heterocycles. The number of para-hydroxylation sites is 1. The van der Waals surface area contributed by atoms with Crippen molar-refractivity contribution in [1.82, 2.24) is 4.57 Å². The van der Waals surface area contributed by atoms with Crippen LogP contribution in [-0.4, -0.2) is 17.0 Å². The van der Waals surface area contributed by atoms with Gasteiger partial charge in [0.2, 0.25) is 5.91 Å². The summed E-state index contributed by atoms with van der Waals surface area (Å²) in [7, 11) is 1.94. The van der Waals surface area contributed by atoms with Crippen LogP contribution in [0.1, 0.15) is 23.1 Å². The summed E-state index contributed by atoms with van der Waals surface area (Å²) < 4.78 is 40.9. The van der Waals surface area contributed by atoms with Crippen molar-refractivity contribution in [2.45, 2.75) is 25.4 Å². The number of alkyl halides is 3. The Morgan fingerprint density at radius 3 is 2.70 bits per heavy atom. The van der Waals surface area contributed by atoms with E-state index in [9.17, 15) is 18.0 Å². The number of hydrogen-bond donors (Lipinski definition) is 0. The van der Waals surface area contributed by atoms with E-state index in [2.05, 4.69) is 0 Å². The van der Waals surface area contributed by atoms with Gasteiger partial charge in [0.15, 0.2) is 0 Å². The number of aromatic nitrogens is 1. The lowest BCUT2D eigenvalue weighted by molar-refractivity contribution is -0.137. The topological polar surface area (TPSA) is 25.2 Å². The zero-order valence-corrected chi connectivity index (χ0v) is 14.9. The second-order valence-electron chi connectivity index (χ2n) is 6.95. The third-order valence-electron chi connectivity index (χ3n) is 5.15. The number of halogens is 3. The Kier molecular flexibility index (Phi) is 4.21. The van der Waals surface area contributed by atoms with Crippen LogP contribution < -0.4 is 4.90 Å². The number of rotatable bonds is 2. The molecule has 6 heteroatoms. The second kappa shape index (κ2) is 6.44. The minimum Gasteiger partial charge on any atom is -0.350 e. The number of aryl methyl sites for hydroxylation is 2. The van der Waals surface area contributed by atoms with Crippen LogP contribution >= 0.6 is 0 Å². The van der Waals surface area contributed by atoms with Crippen molar-refractivity contribution in [3.05, 3.63) is 65.4 Å². The third-order valence-corrected chi connectivity index (χ3v) is 5.15. The fourth-order valence-corrected chi connectivity index (χ4v) is 3.86. The second-order valence-corrected chi connectivity index (χ2v) is 6.95. The molecular weight excluding hydrogens is 353 g/mol. The number of fused-ring (bicyclic) bond motifs is 2. The number of carbonyl (C=O) groups excluding carboxylic acids is 1. The summed E-state index contributed by atoms with van der Waals surface area (Å²) in [4.78, 5) is 14.6. The first-order valence-electron chi connectivity index (χ1n) is 8.88. The Morgan fingerprint density at radius 2 is 1.93 bits per heavy atom. The van der Waals surface area contributed by atoms with Gasteiger partial charge in [-0.2, -0.15) is 13.2 Å². The number of anilines is 1. The molecule has 2 aromatic carbocycles. The van der Waals surface area contributed by atoms with Crippen molar-refractivity contribution in [3.63, 3.8) is 0 Å². The largest absolute Gasteiger partial charge is 0.416 e. The van der Waals surface area contributed by atoms with E-state index in [1.165, 1.54) is 12.1 Å². The van der Waals surface area contributed by atoms with Crippen LogP contribution in [0.2, 0.25) is 0 Å². The van der Waals surface area contributed by atoms with Crippen LogP contribution in [0, 0.1) is 0 Å². The Morgan fingerprint density at radius 1 is 1.15 bits per heavy atom. The lowest BCUT2D eigenvalue weighted by Gasteiger charge is -2.30. The van der Waals surface area contributed by atoms with Crippen LogP contribution in [0.5, 0.6) is 0 Å². The molecule has 0 saturated carbocycles. The maximum Gasteiger partial charge on any atom is 0.416 e. The van der Waals surface area contributed by atoms with Crippen molar-refractivity contribution in [2.24, 2.45) is 7.05 Å². The SMILES string of the molecule is Cn1cc(CC(=O)N2CCCc3cc(C(F)(F)F)ccc32)c2ccccc21. The van der Waals surface area contributed by atoms with Gasteiger partial charge in [-0.25, -0.2) is 0 Å². The van der Waals surface area contributed by atoms with Gasteiger partial charge in [0.05, 0.1) is 12.0 Å². The zero-order chi connectivity index (χ0) is 19.2. The summed E-state index contributed by atoms with van der Waals surface area (Å²) in [5.74, 6) is -0.0907. The van der Waals surface area contributed by atoms with Crippen LogP contribution in [0.15, 0.2) is 48.7 Å². The van der Waals surface area contributed by atoms with Crippen LogP contribution in [-0.2, 0) is 30.9 Å². The van der Waals surface area contributed by atoms with E-state index >= 15 is 0 Å². The molecule has 2 heterocycles. The van der Waals surface area contributed by atoms with Gasteiger partial charge in [-0.1, -0.05) is 18.2 Å². The van der Waals surface area contributed by atoms with Gasteiger partial charge in [0.25, 0.3) is 0 Å². The molecule has 0 N–H and O–H groups in total. The fraction of sp³-hybridized carbons (Fsp3) is 0.286. The van der Waals surface area contributed by atoms with Crippen molar-refractivity contribution < 1.29 is 18.0 Å². The van der Waals surface area contributed by atoms with E-state index in [4.69, 9.17) is 0 Å². The predicted octanol–water partition coefficient (Wildman–Crippen LogP) is 4.72. The molecule has 0 unspecified atom stereocenters. The fourth-order valence-electron chi connectivity index (χ4n) is 3.86. The van der Waals surface area contributed by atoms with Gasteiger partial charge in [0, 0.05) is 36.4 Å². The summed E-state index contributed by atoms with van der Waals surface area (Å²) >= 11 is 0. The average Bonchev–Trinajstić information content (AvgIpc) is 2.96. The normalized spacial score (nSPS) is 14.4. The zero-order valence-electron chi connectivity index (χ0n) is 14.9. The number of hydrogen-bond acceptors (Lipinski definition) is 1. The van der Waals surface area contributed by atoms with Crippen molar-refractivity contribution in [1.29, 1.82) is 0 Å². The quantitative estimate of drug-likeness (QED) is 0.639. The molecule has 1 aliphatic rings. The van der Waals surface area contributed by atoms with Gasteiger partial charge in [-0.3, -0.25) is 4.79 Å². The monoisotopic (exact) mass is 372 g/mol. The van der Waals surface area contributed by atoms with E-state index in [0.29, 0.717) is 30.6 Å². The number of amides is 1. The molecule has 0 saturated heterocycles. The molecule has 4 rings (SSSR count). The van der Waals surface area contributed by atoms with Gasteiger partial charge < -0.3 is 9.47 Å². The molecule has 0 bridgehead atoms. The summed E-state index contributed by atoms with van der Waals surface area (Å²) in [5.41, 5.74) is 2.50. The van der Waals surface area contributed by atoms with Crippen LogP contribution in [0.3, 0.4) is 0 Å². The highest BCUT2D eigenvalue weighted by molar-refractivity contribution is 5.98. The summed E-state index contributed by atoms with van der Waals surface area (Å²) in [6.45, 7) is 0.530. The molecule has 1 amide bonds. The summed E-state index contributed by atoms with van der Waals surface area (Å²) in [6.07, 6.45) is -0.987. The highest BCUT2D eigenvalue weighted by Gasteiger charge is 2.32. The Balaban J connectivity index is 1.64. The molecule has 3 nitrogen and oxygen atoms in total. The highest BCUT2D eigenvalue weighted by Crippen LogP contribution is 2.35. The van der Waals surface area contributed by atoms with Crippen molar-refractivity contribution >= 4 is 22.5 Å². The molecule has 1 aromatic heterocycles. The first-order valence-corrected chi connectivity index (χ1v) is 8.88. The van der Waals surface area contributed by atoms with Gasteiger partial charge >= 0.3 is 6.18 Å². The Labute approximate surface area is 155 Å². The average molecular weight is 372 g/mol. The number of nitrogens with zero attached hydrogens (tertiary/aromatic N) is 2. The maximum atomic E-state index is 13.0. The van der Waals surface area contributed by atoms with E-state index in [1.54, 1.807) is 4.90 Å². The predicted molar refractivity (Wildman–Crippen MR) is 98.7 cm³/mol. The standard InChI is InChI=1S/C21H19F3N2O/c1-25-13-15(17-6-2-3-7-19(17)25)12-20(27)26-10-4-5-14-11-16(21(22,23)24)8-9-18(14)26/h2-3,6-9,11,13H,4-5,10,12H2,1H3. The summed E-state index contributed by atoms with van der Waals surface area (Å²) in [6, 6.07) is 11.5. The Bertz CT molecular complexity index is 1020. The van der Waals surface area contributed by atoms with E-state index in [0.717, 1.165) is 22.5 Å². The molecule has 0 fully saturated rings. The Hall–Kier alpha value is -2.76. The first kappa shape index (κ1) is 17.6. The maximum absolute atomic E-state index is 13.0. The molecule has 3 aromatic rings. The lowest BCUT2D eigenvalue weighted by Crippen LogP contribution is -2.36. The lowest BCUT2D eigenvalue weighted by atomic mass is 9.98. The molecule has 0 atom stereocenters. The molecule has 27 heavy (non-hydrogen) atoms. The minimum atomic E-state index is -4.37. The van der Waals surface area contributed by atoms with E-state index in [1.807, 2.05) is 42.1 Å². The molecule has 0 spiro atoms. The summed E-state index contributed by atoms with van der Waals surface area (Å²) in [5, 5.41) is 1.03. The minimum absolute atomic E-state index is 0.0907. The molecule has 140 valence electrons. The van der Waals surface area contributed by atoms with Crippen LogP contribution in [0.4, 0.5) is 18.9 Å². The molecule has 0 radical (unpaired) electrons. The van der Waals surface area contributed by atoms with E-state index < -0.39 is 11.7 Å². The van der Waals surface area contributed by atoms with Crippen molar-refractivity contribution in [2.75, 3.05) is 11.4 Å². The number of carbonyl (C=O) groups is 1. The van der Waals surface area contributed by atoms with Gasteiger partial charge in [-0.15, -0.1) is 0 Å². The van der Waals surface area contributed by atoms with Gasteiger partial charge in [-0.05, 0) is 48.2 Å².